The first-order valence-electron chi connectivity index (χ1n) is 8.01. The van der Waals surface area contributed by atoms with Gasteiger partial charge in [-0.1, -0.05) is 42.5 Å². The second-order valence-electron chi connectivity index (χ2n) is 5.66. The summed E-state index contributed by atoms with van der Waals surface area (Å²) in [6, 6.07) is 13.8. The molecule has 0 aliphatic carbocycles. The molecule has 0 bridgehead atoms. The summed E-state index contributed by atoms with van der Waals surface area (Å²) in [5.74, 6) is -0.560. The number of halogens is 3. The monoisotopic (exact) mass is 388 g/mol. The summed E-state index contributed by atoms with van der Waals surface area (Å²) in [5, 5.41) is 2.20. The second-order valence-corrected chi connectivity index (χ2v) is 6.50. The summed E-state index contributed by atoms with van der Waals surface area (Å²) in [4.78, 5) is 18.6. The molecule has 2 aromatic carbocycles. The van der Waals surface area contributed by atoms with Gasteiger partial charge in [0.2, 0.25) is 0 Å². The van der Waals surface area contributed by atoms with Gasteiger partial charge in [-0.15, -0.1) is 17.9 Å². The fourth-order valence-corrected chi connectivity index (χ4v) is 3.33. The van der Waals surface area contributed by atoms with Gasteiger partial charge in [-0.2, -0.15) is 13.2 Å². The number of benzene rings is 2. The van der Waals surface area contributed by atoms with Crippen molar-refractivity contribution in [3.8, 4) is 11.3 Å². The maximum Gasteiger partial charge on any atom is 0.416 e. The van der Waals surface area contributed by atoms with E-state index in [9.17, 15) is 18.0 Å². The van der Waals surface area contributed by atoms with Crippen LogP contribution in [0, 0.1) is 0 Å². The van der Waals surface area contributed by atoms with E-state index in [1.807, 2.05) is 30.3 Å². The number of aromatic nitrogens is 1. The third kappa shape index (κ3) is 4.25. The van der Waals surface area contributed by atoms with E-state index in [2.05, 4.69) is 11.6 Å². The molecule has 0 aliphatic heterocycles. The minimum absolute atomic E-state index is 0.0527. The Morgan fingerprint density at radius 3 is 2.56 bits per heavy atom. The molecule has 0 saturated carbocycles. The fourth-order valence-electron chi connectivity index (χ4n) is 2.49. The first kappa shape index (κ1) is 18.8. The van der Waals surface area contributed by atoms with Crippen LogP contribution in [0.3, 0.4) is 0 Å². The lowest BCUT2D eigenvalue weighted by Gasteiger charge is -2.18. The van der Waals surface area contributed by atoms with Crippen LogP contribution in [0.25, 0.3) is 11.3 Å². The van der Waals surface area contributed by atoms with Crippen molar-refractivity contribution >= 4 is 22.4 Å². The number of carbonyl (C=O) groups excluding carboxylic acids is 1. The van der Waals surface area contributed by atoms with Gasteiger partial charge in [0, 0.05) is 23.1 Å². The number of carbonyl (C=O) groups is 1. The SMILES string of the molecule is C=CCN(C(=O)c1cccc(C(F)(F)F)c1)c1nc(-c2ccccc2)cs1. The molecule has 0 spiro atoms. The highest BCUT2D eigenvalue weighted by molar-refractivity contribution is 7.14. The van der Waals surface area contributed by atoms with Crippen LogP contribution in [0.15, 0.2) is 72.6 Å². The summed E-state index contributed by atoms with van der Waals surface area (Å²) in [7, 11) is 0. The largest absolute Gasteiger partial charge is 0.416 e. The number of amides is 1. The molecule has 0 unspecified atom stereocenters. The van der Waals surface area contributed by atoms with E-state index < -0.39 is 17.6 Å². The third-order valence-electron chi connectivity index (χ3n) is 3.79. The molecule has 3 aromatic rings. The molecule has 0 saturated heterocycles. The van der Waals surface area contributed by atoms with Gasteiger partial charge < -0.3 is 0 Å². The summed E-state index contributed by atoms with van der Waals surface area (Å²) in [6.45, 7) is 3.76. The van der Waals surface area contributed by atoms with E-state index in [0.29, 0.717) is 10.8 Å². The minimum atomic E-state index is -4.51. The predicted octanol–water partition coefficient (Wildman–Crippen LogP) is 5.66. The van der Waals surface area contributed by atoms with Crippen LogP contribution >= 0.6 is 11.3 Å². The lowest BCUT2D eigenvalue weighted by Crippen LogP contribution is -2.31. The normalized spacial score (nSPS) is 11.2. The highest BCUT2D eigenvalue weighted by Gasteiger charge is 2.31. The van der Waals surface area contributed by atoms with Crippen LogP contribution in [-0.2, 0) is 6.18 Å². The Balaban J connectivity index is 1.93. The van der Waals surface area contributed by atoms with Crippen molar-refractivity contribution in [2.45, 2.75) is 6.18 Å². The topological polar surface area (TPSA) is 33.2 Å². The van der Waals surface area contributed by atoms with Crippen molar-refractivity contribution in [3.63, 3.8) is 0 Å². The molecule has 0 radical (unpaired) electrons. The number of thiazole rings is 1. The molecule has 0 fully saturated rings. The molecular weight excluding hydrogens is 373 g/mol. The van der Waals surface area contributed by atoms with Crippen LogP contribution in [0.5, 0.6) is 0 Å². The van der Waals surface area contributed by atoms with Crippen molar-refractivity contribution in [1.82, 2.24) is 4.98 Å². The number of hydrogen-bond acceptors (Lipinski definition) is 3. The molecule has 138 valence electrons. The van der Waals surface area contributed by atoms with Gasteiger partial charge in [0.25, 0.3) is 5.91 Å². The average molecular weight is 388 g/mol. The molecular formula is C20H15F3N2OS. The van der Waals surface area contributed by atoms with Gasteiger partial charge in [-0.25, -0.2) is 4.98 Å². The minimum Gasteiger partial charge on any atom is -0.280 e. The van der Waals surface area contributed by atoms with Gasteiger partial charge in [-0.3, -0.25) is 9.69 Å². The average Bonchev–Trinajstić information content (AvgIpc) is 3.15. The van der Waals surface area contributed by atoms with Crippen LogP contribution in [0.4, 0.5) is 18.3 Å². The van der Waals surface area contributed by atoms with Gasteiger partial charge in [0.1, 0.15) is 0 Å². The van der Waals surface area contributed by atoms with E-state index in [0.717, 1.165) is 17.7 Å². The van der Waals surface area contributed by atoms with Crippen molar-refractivity contribution < 1.29 is 18.0 Å². The quantitative estimate of drug-likeness (QED) is 0.528. The van der Waals surface area contributed by atoms with Crippen LogP contribution < -0.4 is 4.90 Å². The Labute approximate surface area is 158 Å². The zero-order valence-corrected chi connectivity index (χ0v) is 14.9. The maximum absolute atomic E-state index is 12.9. The van der Waals surface area contributed by atoms with E-state index in [1.54, 1.807) is 5.38 Å². The molecule has 0 N–H and O–H groups in total. The number of nitrogens with zero attached hydrogens (tertiary/aromatic N) is 2. The molecule has 3 rings (SSSR count). The molecule has 27 heavy (non-hydrogen) atoms. The summed E-state index contributed by atoms with van der Waals surface area (Å²) >= 11 is 1.25. The predicted molar refractivity (Wildman–Crippen MR) is 101 cm³/mol. The van der Waals surface area contributed by atoms with E-state index in [4.69, 9.17) is 0 Å². The van der Waals surface area contributed by atoms with Gasteiger partial charge in [-0.05, 0) is 18.2 Å². The Hall–Kier alpha value is -2.93. The molecule has 0 aliphatic rings. The number of rotatable bonds is 5. The zero-order valence-electron chi connectivity index (χ0n) is 14.1. The lowest BCUT2D eigenvalue weighted by atomic mass is 10.1. The van der Waals surface area contributed by atoms with Gasteiger partial charge in [0.15, 0.2) is 5.13 Å². The second kappa shape index (κ2) is 7.75. The summed E-state index contributed by atoms with van der Waals surface area (Å²) in [5.41, 5.74) is 0.672. The lowest BCUT2D eigenvalue weighted by molar-refractivity contribution is -0.137. The molecule has 3 nitrogen and oxygen atoms in total. The number of alkyl halides is 3. The van der Waals surface area contributed by atoms with Crippen molar-refractivity contribution in [2.24, 2.45) is 0 Å². The van der Waals surface area contributed by atoms with Gasteiger partial charge in [0.05, 0.1) is 11.3 Å². The molecule has 7 heteroatoms. The van der Waals surface area contributed by atoms with E-state index in [1.165, 1.54) is 34.4 Å². The maximum atomic E-state index is 12.9. The molecule has 0 atom stereocenters. The molecule has 1 aromatic heterocycles. The van der Waals surface area contributed by atoms with Crippen molar-refractivity contribution in [3.05, 3.63) is 83.8 Å². The Bertz CT molecular complexity index is 951. The van der Waals surface area contributed by atoms with Crippen LogP contribution in [0.1, 0.15) is 15.9 Å². The number of hydrogen-bond donors (Lipinski definition) is 0. The third-order valence-corrected chi connectivity index (χ3v) is 4.65. The van der Waals surface area contributed by atoms with E-state index in [-0.39, 0.29) is 12.1 Å². The molecule has 1 amide bonds. The first-order valence-corrected chi connectivity index (χ1v) is 8.89. The summed E-state index contributed by atoms with van der Waals surface area (Å²) < 4.78 is 38.8. The Morgan fingerprint density at radius 1 is 1.15 bits per heavy atom. The standard InChI is InChI=1S/C20H15F3N2OS/c1-2-11-25(18(26)15-9-6-10-16(12-15)20(21,22)23)19-24-17(13-27-19)14-7-4-3-5-8-14/h2-10,12-13H,1,11H2. The number of anilines is 1. The van der Waals surface area contributed by atoms with E-state index >= 15 is 0 Å². The van der Waals surface area contributed by atoms with Crippen molar-refractivity contribution in [1.29, 1.82) is 0 Å². The van der Waals surface area contributed by atoms with Crippen LogP contribution in [0.2, 0.25) is 0 Å². The Morgan fingerprint density at radius 2 is 1.89 bits per heavy atom. The fraction of sp³-hybridized carbons (Fsp3) is 0.100. The zero-order chi connectivity index (χ0) is 19.4. The smallest absolute Gasteiger partial charge is 0.280 e. The van der Waals surface area contributed by atoms with Crippen molar-refractivity contribution in [2.75, 3.05) is 11.4 Å². The van der Waals surface area contributed by atoms with Crippen LogP contribution in [-0.4, -0.2) is 17.4 Å². The highest BCUT2D eigenvalue weighted by Crippen LogP contribution is 2.31. The highest BCUT2D eigenvalue weighted by atomic mass is 32.1. The van der Waals surface area contributed by atoms with Gasteiger partial charge >= 0.3 is 6.18 Å². The first-order chi connectivity index (χ1) is 12.9. The Kier molecular flexibility index (Phi) is 5.41. The summed E-state index contributed by atoms with van der Waals surface area (Å²) in [6.07, 6.45) is -3.00. The molecule has 1 heterocycles.